The van der Waals surface area contributed by atoms with E-state index in [4.69, 9.17) is 16.3 Å². The Morgan fingerprint density at radius 3 is 2.78 bits per heavy atom. The van der Waals surface area contributed by atoms with Crippen LogP contribution in [0.3, 0.4) is 0 Å². The monoisotopic (exact) mass is 405 g/mol. The second-order valence-electron chi connectivity index (χ2n) is 5.64. The summed E-state index contributed by atoms with van der Waals surface area (Å²) >= 11 is 7.21. The van der Waals surface area contributed by atoms with Crippen molar-refractivity contribution in [1.82, 2.24) is 10.9 Å². The lowest BCUT2D eigenvalue weighted by Crippen LogP contribution is -2.44. The number of para-hydroxylation sites is 1. The molecule has 0 unspecified atom stereocenters. The number of fused-ring (bicyclic) bond motifs is 1. The van der Waals surface area contributed by atoms with Gasteiger partial charge in [0, 0.05) is 16.3 Å². The molecule has 0 fully saturated rings. The van der Waals surface area contributed by atoms with Gasteiger partial charge in [-0.1, -0.05) is 23.7 Å². The van der Waals surface area contributed by atoms with Gasteiger partial charge < -0.3 is 10.1 Å². The Kier molecular flexibility index (Phi) is 5.88. The summed E-state index contributed by atoms with van der Waals surface area (Å²) in [6, 6.07) is 11.9. The number of nitrogens with one attached hydrogen (secondary N) is 3. The van der Waals surface area contributed by atoms with E-state index in [1.165, 1.54) is 24.9 Å². The molecular weight excluding hydrogens is 390 g/mol. The quantitative estimate of drug-likeness (QED) is 0.679. The first kappa shape index (κ1) is 19.1. The summed E-state index contributed by atoms with van der Waals surface area (Å²) < 4.78 is 5.11. The number of hydrogen-bond donors (Lipinski definition) is 3. The first-order valence-electron chi connectivity index (χ1n) is 7.97. The molecule has 9 heteroatoms. The molecular formula is C18H16ClN3O4S. The zero-order chi connectivity index (χ0) is 19.4. The van der Waals surface area contributed by atoms with Crippen molar-refractivity contribution in [3.63, 3.8) is 0 Å². The highest BCUT2D eigenvalue weighted by Crippen LogP contribution is 2.36. The Hall–Kier alpha value is -2.71. The molecule has 3 rings (SSSR count). The smallest absolute Gasteiger partial charge is 0.273 e. The number of anilines is 1. The van der Waals surface area contributed by atoms with E-state index in [0.717, 1.165) is 10.6 Å². The Bertz CT molecular complexity index is 906. The van der Waals surface area contributed by atoms with Gasteiger partial charge in [-0.3, -0.25) is 25.2 Å². The molecule has 1 heterocycles. The fraction of sp³-hybridized carbons (Fsp3) is 0.167. The number of carbonyl (C=O) groups is 3. The molecule has 1 aliphatic heterocycles. The van der Waals surface area contributed by atoms with E-state index < -0.39 is 17.1 Å². The summed E-state index contributed by atoms with van der Waals surface area (Å²) in [5.41, 5.74) is 5.53. The van der Waals surface area contributed by atoms with E-state index in [2.05, 4.69) is 16.2 Å². The number of amides is 3. The van der Waals surface area contributed by atoms with E-state index in [0.29, 0.717) is 10.8 Å². The van der Waals surface area contributed by atoms with Crippen LogP contribution in [0.15, 0.2) is 47.4 Å². The summed E-state index contributed by atoms with van der Waals surface area (Å²) in [5.74, 6) is -0.994. The van der Waals surface area contributed by atoms with E-state index >= 15 is 0 Å². The Balaban J connectivity index is 1.58. The van der Waals surface area contributed by atoms with E-state index in [1.807, 2.05) is 18.2 Å². The van der Waals surface area contributed by atoms with Crippen molar-refractivity contribution in [3.8, 4) is 5.75 Å². The van der Waals surface area contributed by atoms with Crippen LogP contribution in [-0.2, 0) is 9.59 Å². The first-order valence-corrected chi connectivity index (χ1v) is 9.23. The average Bonchev–Trinajstić information content (AvgIpc) is 2.66. The van der Waals surface area contributed by atoms with Gasteiger partial charge in [-0.2, -0.15) is 0 Å². The minimum absolute atomic E-state index is 0.0855. The number of hydrogen-bond acceptors (Lipinski definition) is 5. The zero-order valence-corrected chi connectivity index (χ0v) is 15.8. The molecule has 0 radical (unpaired) electrons. The van der Waals surface area contributed by atoms with Crippen LogP contribution in [0.25, 0.3) is 0 Å². The van der Waals surface area contributed by atoms with Crippen molar-refractivity contribution >= 4 is 46.8 Å². The maximum absolute atomic E-state index is 12.3. The molecule has 0 saturated carbocycles. The standard InChI is InChI=1S/C18H16ClN3O4S/c1-26-13-7-6-10(19)8-11(13)17(24)22-21-16(23)9-15-18(25)20-12-4-2-3-5-14(12)27-15/h2-8,15H,9H2,1H3,(H,20,25)(H,21,23)(H,22,24)/t15-/m1/s1. The molecule has 0 aliphatic carbocycles. The minimum Gasteiger partial charge on any atom is -0.496 e. The number of halogens is 1. The number of rotatable bonds is 4. The molecule has 0 bridgehead atoms. The molecule has 3 N–H and O–H groups in total. The molecule has 0 saturated heterocycles. The fourth-order valence-electron chi connectivity index (χ4n) is 2.50. The summed E-state index contributed by atoms with van der Waals surface area (Å²) in [7, 11) is 1.43. The molecule has 27 heavy (non-hydrogen) atoms. The number of methoxy groups -OCH3 is 1. The van der Waals surface area contributed by atoms with Crippen molar-refractivity contribution in [1.29, 1.82) is 0 Å². The highest BCUT2D eigenvalue weighted by Gasteiger charge is 2.29. The molecule has 1 aliphatic rings. The van der Waals surface area contributed by atoms with Gasteiger partial charge in [0.15, 0.2) is 0 Å². The molecule has 2 aromatic rings. The average molecular weight is 406 g/mol. The normalized spacial score (nSPS) is 15.3. The predicted octanol–water partition coefficient (Wildman–Crippen LogP) is 2.61. The Morgan fingerprint density at radius 2 is 2.00 bits per heavy atom. The third-order valence-corrected chi connectivity index (χ3v) is 5.31. The van der Waals surface area contributed by atoms with Crippen LogP contribution in [0, 0.1) is 0 Å². The lowest BCUT2D eigenvalue weighted by atomic mass is 10.2. The zero-order valence-electron chi connectivity index (χ0n) is 14.2. The van der Waals surface area contributed by atoms with Gasteiger partial charge in [0.05, 0.1) is 23.6 Å². The van der Waals surface area contributed by atoms with Gasteiger partial charge in [0.25, 0.3) is 5.91 Å². The third kappa shape index (κ3) is 4.53. The fourth-order valence-corrected chi connectivity index (χ4v) is 3.78. The predicted molar refractivity (Wildman–Crippen MR) is 103 cm³/mol. The van der Waals surface area contributed by atoms with E-state index in [1.54, 1.807) is 18.2 Å². The van der Waals surface area contributed by atoms with Crippen molar-refractivity contribution in [2.45, 2.75) is 16.6 Å². The van der Waals surface area contributed by atoms with Crippen molar-refractivity contribution < 1.29 is 19.1 Å². The lowest BCUT2D eigenvalue weighted by Gasteiger charge is -2.23. The second kappa shape index (κ2) is 8.32. The molecule has 140 valence electrons. The van der Waals surface area contributed by atoms with Crippen LogP contribution in [0.1, 0.15) is 16.8 Å². The minimum atomic E-state index is -0.586. The second-order valence-corrected chi connectivity index (χ2v) is 7.32. The van der Waals surface area contributed by atoms with Gasteiger partial charge in [-0.25, -0.2) is 0 Å². The maximum atomic E-state index is 12.3. The van der Waals surface area contributed by atoms with Crippen LogP contribution >= 0.6 is 23.4 Å². The summed E-state index contributed by atoms with van der Waals surface area (Å²) in [6.07, 6.45) is -0.0855. The first-order chi connectivity index (χ1) is 13.0. The summed E-state index contributed by atoms with van der Waals surface area (Å²) in [4.78, 5) is 37.4. The number of carbonyl (C=O) groups excluding carboxylic acids is 3. The SMILES string of the molecule is COc1ccc(Cl)cc1C(=O)NNC(=O)C[C@H]1Sc2ccccc2NC1=O. The van der Waals surface area contributed by atoms with Crippen LogP contribution < -0.4 is 20.9 Å². The third-order valence-electron chi connectivity index (χ3n) is 3.80. The van der Waals surface area contributed by atoms with Crippen LogP contribution in [-0.4, -0.2) is 30.1 Å². The molecule has 3 amide bonds. The van der Waals surface area contributed by atoms with Crippen molar-refractivity contribution in [3.05, 3.63) is 53.1 Å². The number of thioether (sulfide) groups is 1. The van der Waals surface area contributed by atoms with Crippen LogP contribution in [0.2, 0.25) is 5.02 Å². The maximum Gasteiger partial charge on any atom is 0.273 e. The largest absolute Gasteiger partial charge is 0.496 e. The topological polar surface area (TPSA) is 96.5 Å². The van der Waals surface area contributed by atoms with Crippen molar-refractivity contribution in [2.24, 2.45) is 0 Å². The molecule has 1 atom stereocenters. The van der Waals surface area contributed by atoms with Gasteiger partial charge >= 0.3 is 0 Å². The van der Waals surface area contributed by atoms with Gasteiger partial charge in [-0.05, 0) is 30.3 Å². The molecule has 0 aromatic heterocycles. The van der Waals surface area contributed by atoms with Gasteiger partial charge in [-0.15, -0.1) is 11.8 Å². The number of benzene rings is 2. The number of hydrazine groups is 1. The van der Waals surface area contributed by atoms with Gasteiger partial charge in [0.1, 0.15) is 5.75 Å². The van der Waals surface area contributed by atoms with Crippen LogP contribution in [0.5, 0.6) is 5.75 Å². The van der Waals surface area contributed by atoms with Gasteiger partial charge in [0.2, 0.25) is 11.8 Å². The molecule has 7 nitrogen and oxygen atoms in total. The summed E-state index contributed by atoms with van der Waals surface area (Å²) in [5, 5.41) is 2.55. The lowest BCUT2D eigenvalue weighted by molar-refractivity contribution is -0.124. The Labute approximate surface area is 164 Å². The Morgan fingerprint density at radius 1 is 1.22 bits per heavy atom. The number of ether oxygens (including phenoxy) is 1. The highest BCUT2D eigenvalue weighted by molar-refractivity contribution is 8.01. The summed E-state index contributed by atoms with van der Waals surface area (Å²) in [6.45, 7) is 0. The highest BCUT2D eigenvalue weighted by atomic mass is 35.5. The van der Waals surface area contributed by atoms with E-state index in [-0.39, 0.29) is 17.9 Å². The van der Waals surface area contributed by atoms with Crippen LogP contribution in [0.4, 0.5) is 5.69 Å². The molecule has 0 spiro atoms. The molecule has 2 aromatic carbocycles. The van der Waals surface area contributed by atoms with E-state index in [9.17, 15) is 14.4 Å². The van der Waals surface area contributed by atoms with Crippen molar-refractivity contribution in [2.75, 3.05) is 12.4 Å².